The maximum Gasteiger partial charge on any atom is 0.168 e. The van der Waals surface area contributed by atoms with Crippen LogP contribution >= 0.6 is 0 Å². The fourth-order valence-electron chi connectivity index (χ4n) is 4.10. The lowest BCUT2D eigenvalue weighted by molar-refractivity contribution is 0.173. The van der Waals surface area contributed by atoms with Crippen molar-refractivity contribution in [3.05, 3.63) is 71.8 Å². The van der Waals surface area contributed by atoms with Crippen molar-refractivity contribution in [3.63, 3.8) is 0 Å². The second kappa shape index (κ2) is 9.06. The maximum atomic E-state index is 4.44. The number of aromatic nitrogens is 5. The van der Waals surface area contributed by atoms with Gasteiger partial charge in [-0.1, -0.05) is 55.7 Å². The fourth-order valence-corrected chi connectivity index (χ4v) is 4.10. The van der Waals surface area contributed by atoms with E-state index in [0.717, 1.165) is 18.9 Å². The number of hydrogen-bond donors (Lipinski definition) is 0. The fraction of sp³-hybridized carbons (Fsp3) is 0.455. The highest BCUT2D eigenvalue weighted by atomic mass is 15.6. The molecule has 0 N–H and O–H groups in total. The van der Waals surface area contributed by atoms with Gasteiger partial charge in [0.05, 0.1) is 12.1 Å². The topological polar surface area (TPSA) is 59.7 Å². The molecule has 6 heteroatoms. The van der Waals surface area contributed by atoms with E-state index >= 15 is 0 Å². The Labute approximate surface area is 166 Å². The minimum Gasteiger partial charge on any atom is -0.285 e. The molecule has 28 heavy (non-hydrogen) atoms. The van der Waals surface area contributed by atoms with Crippen LogP contribution in [0, 0.1) is 0 Å². The summed E-state index contributed by atoms with van der Waals surface area (Å²) in [7, 11) is 0. The summed E-state index contributed by atoms with van der Waals surface area (Å²) in [6.45, 7) is 3.86. The van der Waals surface area contributed by atoms with E-state index in [1.165, 1.54) is 43.2 Å². The van der Waals surface area contributed by atoms with E-state index < -0.39 is 0 Å². The van der Waals surface area contributed by atoms with Gasteiger partial charge in [-0.3, -0.25) is 9.88 Å². The Morgan fingerprint density at radius 1 is 1.00 bits per heavy atom. The summed E-state index contributed by atoms with van der Waals surface area (Å²) in [4.78, 5) is 6.71. The summed E-state index contributed by atoms with van der Waals surface area (Å²) in [5.74, 6) is 0.965. The molecule has 1 atom stereocenters. The number of benzene rings is 1. The van der Waals surface area contributed by atoms with Crippen molar-refractivity contribution < 1.29 is 0 Å². The standard InChI is InChI=1S/C22H28N6/c1-18(22-24-25-26-28(22)21-12-6-3-7-13-21)27(16-19-9-4-2-5-10-19)17-20-11-8-14-23-15-20/h2,4-5,8-11,14-15,18,21H,3,6-7,12-13,16-17H2,1H3/t18-/m1/s1. The number of rotatable bonds is 7. The maximum absolute atomic E-state index is 4.44. The monoisotopic (exact) mass is 376 g/mol. The lowest BCUT2D eigenvalue weighted by Gasteiger charge is -2.30. The third-order valence-electron chi connectivity index (χ3n) is 5.70. The lowest BCUT2D eigenvalue weighted by Crippen LogP contribution is -2.30. The third-order valence-corrected chi connectivity index (χ3v) is 5.70. The highest BCUT2D eigenvalue weighted by Gasteiger charge is 2.26. The first kappa shape index (κ1) is 18.7. The van der Waals surface area contributed by atoms with Crippen LogP contribution in [0.4, 0.5) is 0 Å². The molecule has 0 saturated heterocycles. The van der Waals surface area contributed by atoms with Crippen molar-refractivity contribution in [2.75, 3.05) is 0 Å². The molecule has 0 bridgehead atoms. The Kier molecular flexibility index (Phi) is 6.07. The first-order valence-corrected chi connectivity index (χ1v) is 10.3. The van der Waals surface area contributed by atoms with E-state index in [-0.39, 0.29) is 6.04 Å². The molecule has 1 aliphatic carbocycles. The van der Waals surface area contributed by atoms with Gasteiger partial charge in [-0.05, 0) is 47.4 Å². The summed E-state index contributed by atoms with van der Waals surface area (Å²) < 4.78 is 2.09. The van der Waals surface area contributed by atoms with Crippen molar-refractivity contribution in [2.45, 2.75) is 64.2 Å². The van der Waals surface area contributed by atoms with Gasteiger partial charge in [0.15, 0.2) is 5.82 Å². The first-order chi connectivity index (χ1) is 13.8. The molecule has 146 valence electrons. The van der Waals surface area contributed by atoms with Crippen LogP contribution in [0.5, 0.6) is 0 Å². The predicted molar refractivity (Wildman–Crippen MR) is 108 cm³/mol. The Hall–Kier alpha value is -2.60. The van der Waals surface area contributed by atoms with Gasteiger partial charge in [0.1, 0.15) is 0 Å². The zero-order valence-corrected chi connectivity index (χ0v) is 16.5. The Morgan fingerprint density at radius 3 is 2.50 bits per heavy atom. The first-order valence-electron chi connectivity index (χ1n) is 10.3. The molecule has 1 fully saturated rings. The van der Waals surface area contributed by atoms with Crippen molar-refractivity contribution in [2.24, 2.45) is 0 Å². The van der Waals surface area contributed by atoms with Crippen LogP contribution in [0.25, 0.3) is 0 Å². The second-order valence-corrected chi connectivity index (χ2v) is 7.70. The van der Waals surface area contributed by atoms with Crippen LogP contribution in [0.3, 0.4) is 0 Å². The SMILES string of the molecule is C[C@H](c1nnnn1C1CCCCC1)N(Cc1ccccc1)Cc1cccnc1. The molecule has 2 aromatic heterocycles. The van der Waals surface area contributed by atoms with Gasteiger partial charge in [-0.2, -0.15) is 0 Å². The molecule has 4 rings (SSSR count). The van der Waals surface area contributed by atoms with Crippen LogP contribution in [0.1, 0.15) is 68.1 Å². The molecular formula is C22H28N6. The smallest absolute Gasteiger partial charge is 0.168 e. The van der Waals surface area contributed by atoms with E-state index in [9.17, 15) is 0 Å². The molecule has 1 aromatic carbocycles. The lowest BCUT2D eigenvalue weighted by atomic mass is 9.95. The normalized spacial score (nSPS) is 16.4. The summed E-state index contributed by atoms with van der Waals surface area (Å²) in [5.41, 5.74) is 2.48. The Morgan fingerprint density at radius 2 is 1.75 bits per heavy atom. The molecule has 1 aliphatic rings. The van der Waals surface area contributed by atoms with E-state index in [2.05, 4.69) is 73.4 Å². The van der Waals surface area contributed by atoms with Crippen LogP contribution in [-0.2, 0) is 13.1 Å². The molecule has 3 aromatic rings. The van der Waals surface area contributed by atoms with Gasteiger partial charge >= 0.3 is 0 Å². The molecule has 0 spiro atoms. The predicted octanol–water partition coefficient (Wildman–Crippen LogP) is 4.34. The summed E-state index contributed by atoms with van der Waals surface area (Å²) in [5, 5.41) is 12.9. The van der Waals surface area contributed by atoms with Crippen molar-refractivity contribution in [1.82, 2.24) is 30.1 Å². The zero-order valence-electron chi connectivity index (χ0n) is 16.5. The van der Waals surface area contributed by atoms with Gasteiger partial charge in [0.25, 0.3) is 0 Å². The minimum absolute atomic E-state index is 0.109. The molecule has 0 aliphatic heterocycles. The van der Waals surface area contributed by atoms with Crippen molar-refractivity contribution >= 4 is 0 Å². The van der Waals surface area contributed by atoms with Crippen LogP contribution in [-0.4, -0.2) is 30.1 Å². The minimum atomic E-state index is 0.109. The van der Waals surface area contributed by atoms with E-state index in [0.29, 0.717) is 6.04 Å². The molecular weight excluding hydrogens is 348 g/mol. The molecule has 2 heterocycles. The largest absolute Gasteiger partial charge is 0.285 e. The second-order valence-electron chi connectivity index (χ2n) is 7.70. The summed E-state index contributed by atoms with van der Waals surface area (Å²) in [6, 6.07) is 15.2. The third kappa shape index (κ3) is 4.44. The summed E-state index contributed by atoms with van der Waals surface area (Å²) >= 11 is 0. The highest BCUT2D eigenvalue weighted by molar-refractivity contribution is 5.16. The number of pyridine rings is 1. The van der Waals surface area contributed by atoms with Crippen LogP contribution in [0.2, 0.25) is 0 Å². The quantitative estimate of drug-likeness (QED) is 0.614. The zero-order chi connectivity index (χ0) is 19.2. The molecule has 1 saturated carbocycles. The summed E-state index contributed by atoms with van der Waals surface area (Å²) in [6.07, 6.45) is 9.96. The molecule has 6 nitrogen and oxygen atoms in total. The van der Waals surface area contributed by atoms with Crippen LogP contribution < -0.4 is 0 Å². The average Bonchev–Trinajstić information content (AvgIpc) is 3.25. The van der Waals surface area contributed by atoms with Crippen LogP contribution in [0.15, 0.2) is 54.9 Å². The van der Waals surface area contributed by atoms with E-state index in [1.54, 1.807) is 0 Å². The highest BCUT2D eigenvalue weighted by Crippen LogP contribution is 2.31. The number of hydrogen-bond acceptors (Lipinski definition) is 5. The number of tetrazole rings is 1. The average molecular weight is 377 g/mol. The van der Waals surface area contributed by atoms with E-state index in [1.807, 2.05) is 18.5 Å². The Bertz CT molecular complexity index is 800. The van der Waals surface area contributed by atoms with Gasteiger partial charge in [0.2, 0.25) is 0 Å². The van der Waals surface area contributed by atoms with Gasteiger partial charge < -0.3 is 0 Å². The molecule has 0 amide bonds. The van der Waals surface area contributed by atoms with E-state index in [4.69, 9.17) is 0 Å². The molecule has 0 radical (unpaired) electrons. The number of nitrogens with zero attached hydrogens (tertiary/aromatic N) is 6. The van der Waals surface area contributed by atoms with Crippen molar-refractivity contribution in [1.29, 1.82) is 0 Å². The van der Waals surface area contributed by atoms with Gasteiger partial charge in [0, 0.05) is 25.5 Å². The van der Waals surface area contributed by atoms with Gasteiger partial charge in [-0.15, -0.1) is 5.10 Å². The Balaban J connectivity index is 1.59. The van der Waals surface area contributed by atoms with Crippen molar-refractivity contribution in [3.8, 4) is 0 Å². The van der Waals surface area contributed by atoms with Gasteiger partial charge in [-0.25, -0.2) is 4.68 Å². The molecule has 0 unspecified atom stereocenters.